The van der Waals surface area contributed by atoms with Crippen molar-refractivity contribution in [2.75, 3.05) is 12.8 Å². The fraction of sp³-hybridized carbons (Fsp3) is 0.250. The summed E-state index contributed by atoms with van der Waals surface area (Å²) in [6.45, 7) is 2.07. The van der Waals surface area contributed by atoms with E-state index in [9.17, 15) is 4.39 Å². The molecule has 1 atom stereocenters. The van der Waals surface area contributed by atoms with E-state index in [1.807, 2.05) is 19.2 Å². The number of halogens is 2. The highest BCUT2D eigenvalue weighted by atomic mass is 79.9. The van der Waals surface area contributed by atoms with Crippen LogP contribution in [0.4, 0.5) is 4.39 Å². The third-order valence-corrected chi connectivity index (χ3v) is 4.86. The molecule has 0 heterocycles. The molecule has 0 aromatic heterocycles. The second kappa shape index (κ2) is 7.25. The Bertz CT molecular complexity index is 571. The van der Waals surface area contributed by atoms with E-state index in [-0.39, 0.29) is 11.9 Å². The summed E-state index contributed by atoms with van der Waals surface area (Å²) in [7, 11) is 1.86. The summed E-state index contributed by atoms with van der Waals surface area (Å²) in [5.74, 6) is 0.601. The number of rotatable bonds is 5. The van der Waals surface area contributed by atoms with Crippen molar-refractivity contribution in [2.45, 2.75) is 17.9 Å². The highest BCUT2D eigenvalue weighted by Gasteiger charge is 2.16. The van der Waals surface area contributed by atoms with Crippen LogP contribution in [0.2, 0.25) is 0 Å². The van der Waals surface area contributed by atoms with Crippen molar-refractivity contribution in [1.29, 1.82) is 0 Å². The van der Waals surface area contributed by atoms with Gasteiger partial charge in [0.05, 0.1) is 4.47 Å². The van der Waals surface area contributed by atoms with Crippen LogP contribution >= 0.6 is 27.7 Å². The Morgan fingerprint density at radius 1 is 1.20 bits per heavy atom. The van der Waals surface area contributed by atoms with Crippen LogP contribution in [0.5, 0.6) is 0 Å². The minimum Gasteiger partial charge on any atom is -0.312 e. The number of hydrogen-bond donors (Lipinski definition) is 1. The summed E-state index contributed by atoms with van der Waals surface area (Å²) in [6.07, 6.45) is 0. The lowest BCUT2D eigenvalue weighted by Crippen LogP contribution is -2.20. The third-order valence-electron chi connectivity index (χ3n) is 3.14. The molecule has 0 radical (unpaired) electrons. The maximum absolute atomic E-state index is 14.1. The molecule has 1 N–H and O–H groups in total. The van der Waals surface area contributed by atoms with Crippen molar-refractivity contribution >= 4 is 27.7 Å². The van der Waals surface area contributed by atoms with Gasteiger partial charge in [-0.05, 0) is 48.1 Å². The van der Waals surface area contributed by atoms with Gasteiger partial charge in [0.1, 0.15) is 5.82 Å². The number of thioether (sulfide) groups is 1. The van der Waals surface area contributed by atoms with Crippen molar-refractivity contribution in [3.8, 4) is 0 Å². The van der Waals surface area contributed by atoms with Gasteiger partial charge in [-0.1, -0.05) is 29.8 Å². The van der Waals surface area contributed by atoms with Crippen molar-refractivity contribution in [1.82, 2.24) is 5.32 Å². The molecular weight excluding hydrogens is 337 g/mol. The lowest BCUT2D eigenvalue weighted by molar-refractivity contribution is 0.561. The fourth-order valence-electron chi connectivity index (χ4n) is 1.93. The molecule has 2 aromatic carbocycles. The fourth-order valence-corrected chi connectivity index (χ4v) is 3.35. The van der Waals surface area contributed by atoms with Gasteiger partial charge in [0.2, 0.25) is 0 Å². The molecule has 0 saturated carbocycles. The van der Waals surface area contributed by atoms with Crippen LogP contribution in [0.1, 0.15) is 17.2 Å². The first-order chi connectivity index (χ1) is 9.61. The van der Waals surface area contributed by atoms with Crippen LogP contribution < -0.4 is 5.32 Å². The predicted molar refractivity (Wildman–Crippen MR) is 87.8 cm³/mol. The van der Waals surface area contributed by atoms with Gasteiger partial charge in [-0.3, -0.25) is 0 Å². The van der Waals surface area contributed by atoms with E-state index in [2.05, 4.69) is 52.4 Å². The summed E-state index contributed by atoms with van der Waals surface area (Å²) in [4.78, 5) is 1.20. The Kier molecular flexibility index (Phi) is 5.64. The quantitative estimate of drug-likeness (QED) is 0.763. The molecule has 4 heteroatoms. The van der Waals surface area contributed by atoms with E-state index in [4.69, 9.17) is 0 Å². The highest BCUT2D eigenvalue weighted by molar-refractivity contribution is 9.10. The SMILES string of the molecule is CNC(CSc1ccc(C)cc1)c1cccc(Br)c1F. The smallest absolute Gasteiger partial charge is 0.142 e. The standard InChI is InChI=1S/C16H17BrFNS/c1-11-6-8-12(9-7-11)20-10-15(19-2)13-4-3-5-14(17)16(13)18/h3-9,15,19H,10H2,1-2H3. The topological polar surface area (TPSA) is 12.0 Å². The van der Waals surface area contributed by atoms with Crippen LogP contribution in [0, 0.1) is 12.7 Å². The maximum atomic E-state index is 14.1. The van der Waals surface area contributed by atoms with Crippen LogP contribution in [0.3, 0.4) is 0 Å². The molecule has 106 valence electrons. The van der Waals surface area contributed by atoms with Crippen LogP contribution in [-0.4, -0.2) is 12.8 Å². The zero-order chi connectivity index (χ0) is 14.5. The Morgan fingerprint density at radius 2 is 1.90 bits per heavy atom. The molecule has 0 fully saturated rings. The predicted octanol–water partition coefficient (Wildman–Crippen LogP) is 4.95. The molecule has 0 bridgehead atoms. The molecule has 1 unspecified atom stereocenters. The van der Waals surface area contributed by atoms with Gasteiger partial charge in [-0.15, -0.1) is 11.8 Å². The lowest BCUT2D eigenvalue weighted by Gasteiger charge is -2.17. The van der Waals surface area contributed by atoms with Gasteiger partial charge in [0.15, 0.2) is 0 Å². The molecule has 1 nitrogen and oxygen atoms in total. The Balaban J connectivity index is 2.09. The van der Waals surface area contributed by atoms with Crippen LogP contribution in [0.25, 0.3) is 0 Å². The zero-order valence-corrected chi connectivity index (χ0v) is 13.9. The monoisotopic (exact) mass is 353 g/mol. The van der Waals surface area contributed by atoms with Crippen molar-refractivity contribution in [3.05, 3.63) is 63.9 Å². The molecule has 0 spiro atoms. The van der Waals surface area contributed by atoms with Crippen LogP contribution in [0.15, 0.2) is 51.8 Å². The summed E-state index contributed by atoms with van der Waals surface area (Å²) in [6, 6.07) is 13.8. The number of hydrogen-bond acceptors (Lipinski definition) is 2. The molecule has 20 heavy (non-hydrogen) atoms. The second-order valence-corrected chi connectivity index (χ2v) is 6.56. The zero-order valence-electron chi connectivity index (χ0n) is 11.5. The highest BCUT2D eigenvalue weighted by Crippen LogP contribution is 2.28. The molecular formula is C16H17BrFNS. The largest absolute Gasteiger partial charge is 0.312 e. The van der Waals surface area contributed by atoms with Gasteiger partial charge in [-0.2, -0.15) is 0 Å². The first-order valence-electron chi connectivity index (χ1n) is 6.42. The molecule has 0 saturated heterocycles. The summed E-state index contributed by atoms with van der Waals surface area (Å²) < 4.78 is 14.6. The number of benzene rings is 2. The van der Waals surface area contributed by atoms with Gasteiger partial charge in [0.25, 0.3) is 0 Å². The molecule has 0 aliphatic carbocycles. The normalized spacial score (nSPS) is 12.4. The third kappa shape index (κ3) is 3.84. The summed E-state index contributed by atoms with van der Waals surface area (Å²) in [5, 5.41) is 3.19. The van der Waals surface area contributed by atoms with E-state index in [1.165, 1.54) is 10.5 Å². The van der Waals surface area contributed by atoms with Gasteiger partial charge in [-0.25, -0.2) is 4.39 Å². The van der Waals surface area contributed by atoms with Gasteiger partial charge >= 0.3 is 0 Å². The maximum Gasteiger partial charge on any atom is 0.142 e. The average Bonchev–Trinajstić information content (AvgIpc) is 2.45. The van der Waals surface area contributed by atoms with Gasteiger partial charge < -0.3 is 5.32 Å². The Morgan fingerprint density at radius 3 is 2.55 bits per heavy atom. The minimum atomic E-state index is -0.184. The Hall–Kier alpha value is -0.840. The van der Waals surface area contributed by atoms with E-state index in [1.54, 1.807) is 17.8 Å². The molecule has 0 aliphatic rings. The van der Waals surface area contributed by atoms with E-state index >= 15 is 0 Å². The van der Waals surface area contributed by atoms with E-state index in [0.717, 1.165) is 5.75 Å². The molecule has 0 amide bonds. The lowest BCUT2D eigenvalue weighted by atomic mass is 10.1. The molecule has 2 rings (SSSR count). The summed E-state index contributed by atoms with van der Waals surface area (Å²) >= 11 is 4.96. The molecule has 2 aromatic rings. The van der Waals surface area contributed by atoms with Gasteiger partial charge in [0, 0.05) is 22.3 Å². The number of aryl methyl sites for hydroxylation is 1. The van der Waals surface area contributed by atoms with Crippen molar-refractivity contribution in [2.24, 2.45) is 0 Å². The first-order valence-corrected chi connectivity index (χ1v) is 8.20. The van der Waals surface area contributed by atoms with Crippen molar-refractivity contribution in [3.63, 3.8) is 0 Å². The van der Waals surface area contributed by atoms with Crippen LogP contribution in [-0.2, 0) is 0 Å². The van der Waals surface area contributed by atoms with Crippen molar-refractivity contribution < 1.29 is 4.39 Å². The summed E-state index contributed by atoms with van der Waals surface area (Å²) in [5.41, 5.74) is 1.94. The second-order valence-electron chi connectivity index (χ2n) is 4.61. The van der Waals surface area contributed by atoms with E-state index < -0.39 is 0 Å². The van der Waals surface area contributed by atoms with E-state index in [0.29, 0.717) is 10.0 Å². The minimum absolute atomic E-state index is 0.0150. The first kappa shape index (κ1) is 15.5. The molecule has 0 aliphatic heterocycles. The average molecular weight is 354 g/mol. The number of nitrogens with one attached hydrogen (secondary N) is 1. The Labute approximate surface area is 132 Å².